The van der Waals surface area contributed by atoms with Crippen LogP contribution in [0.1, 0.15) is 51.9 Å². The van der Waals surface area contributed by atoms with Crippen molar-refractivity contribution >= 4 is 8.80 Å². The number of hydrogen-bond donors (Lipinski definition) is 0. The molecular weight excluding hydrogens is 200 g/mol. The SMILES string of the molecule is [CH2]CC(OCCCCC)[SiH]1CCCCC1. The number of unbranched alkanes of at least 4 members (excludes halogenated alkanes) is 2. The van der Waals surface area contributed by atoms with Crippen LogP contribution in [0.25, 0.3) is 0 Å². The molecule has 89 valence electrons. The Kier molecular flexibility index (Phi) is 7.37. The van der Waals surface area contributed by atoms with Crippen molar-refractivity contribution in [3.63, 3.8) is 0 Å². The second-order valence-corrected chi connectivity index (χ2v) is 8.22. The van der Waals surface area contributed by atoms with Crippen LogP contribution in [0, 0.1) is 6.92 Å². The summed E-state index contributed by atoms with van der Waals surface area (Å²) in [6.07, 6.45) is 9.26. The molecule has 0 aromatic rings. The second-order valence-electron chi connectivity index (χ2n) is 4.80. The van der Waals surface area contributed by atoms with E-state index in [0.29, 0.717) is 5.73 Å². The molecular formula is C13H27OSi. The predicted octanol–water partition coefficient (Wildman–Crippen LogP) is 3.74. The quantitative estimate of drug-likeness (QED) is 0.475. The molecule has 1 heterocycles. The van der Waals surface area contributed by atoms with Gasteiger partial charge in [0, 0.05) is 12.3 Å². The van der Waals surface area contributed by atoms with E-state index in [2.05, 4.69) is 13.8 Å². The Hall–Kier alpha value is 0.177. The maximum Gasteiger partial charge on any atom is 0.0717 e. The first kappa shape index (κ1) is 13.2. The van der Waals surface area contributed by atoms with Crippen molar-refractivity contribution in [3.8, 4) is 0 Å². The van der Waals surface area contributed by atoms with Gasteiger partial charge in [0.25, 0.3) is 0 Å². The van der Waals surface area contributed by atoms with Gasteiger partial charge in [-0.2, -0.15) is 0 Å². The highest BCUT2D eigenvalue weighted by Crippen LogP contribution is 2.23. The van der Waals surface area contributed by atoms with E-state index < -0.39 is 8.80 Å². The molecule has 1 atom stereocenters. The lowest BCUT2D eigenvalue weighted by atomic mass is 10.3. The maximum atomic E-state index is 6.03. The summed E-state index contributed by atoms with van der Waals surface area (Å²) >= 11 is 0. The van der Waals surface area contributed by atoms with Crippen LogP contribution in [0.3, 0.4) is 0 Å². The Morgan fingerprint density at radius 2 is 1.93 bits per heavy atom. The number of rotatable bonds is 7. The monoisotopic (exact) mass is 227 g/mol. The molecule has 0 N–H and O–H groups in total. The molecule has 1 nitrogen and oxygen atoms in total. The normalized spacial score (nSPS) is 20.4. The fourth-order valence-electron chi connectivity index (χ4n) is 2.55. The molecule has 1 radical (unpaired) electrons. The average molecular weight is 227 g/mol. The molecule has 1 aliphatic rings. The summed E-state index contributed by atoms with van der Waals surface area (Å²) in [5.74, 6) is 0. The fraction of sp³-hybridized carbons (Fsp3) is 0.923. The van der Waals surface area contributed by atoms with Gasteiger partial charge in [-0.15, -0.1) is 0 Å². The Balaban J connectivity index is 2.15. The average Bonchev–Trinajstić information content (AvgIpc) is 2.30. The van der Waals surface area contributed by atoms with Gasteiger partial charge in [0.1, 0.15) is 0 Å². The Labute approximate surface area is 97.2 Å². The fourth-order valence-corrected chi connectivity index (χ4v) is 6.09. The van der Waals surface area contributed by atoms with Crippen molar-refractivity contribution in [2.75, 3.05) is 6.61 Å². The smallest absolute Gasteiger partial charge is 0.0717 e. The van der Waals surface area contributed by atoms with Crippen molar-refractivity contribution in [1.82, 2.24) is 0 Å². The second kappa shape index (κ2) is 8.34. The zero-order valence-corrected chi connectivity index (χ0v) is 11.5. The molecule has 2 heteroatoms. The van der Waals surface area contributed by atoms with Gasteiger partial charge < -0.3 is 4.74 Å². The molecule has 1 unspecified atom stereocenters. The Morgan fingerprint density at radius 1 is 1.20 bits per heavy atom. The summed E-state index contributed by atoms with van der Waals surface area (Å²) in [4.78, 5) is 0. The molecule has 0 saturated carbocycles. The van der Waals surface area contributed by atoms with E-state index in [0.717, 1.165) is 13.0 Å². The Morgan fingerprint density at radius 3 is 2.53 bits per heavy atom. The van der Waals surface area contributed by atoms with Gasteiger partial charge in [0.15, 0.2) is 0 Å². The van der Waals surface area contributed by atoms with Gasteiger partial charge in [-0.1, -0.05) is 58.0 Å². The van der Waals surface area contributed by atoms with Crippen molar-refractivity contribution in [1.29, 1.82) is 0 Å². The molecule has 0 aromatic heterocycles. The van der Waals surface area contributed by atoms with Crippen LogP contribution >= 0.6 is 0 Å². The molecule has 1 fully saturated rings. The minimum absolute atomic E-state index is 0.577. The molecule has 0 aliphatic carbocycles. The van der Waals surface area contributed by atoms with Crippen LogP contribution in [0.15, 0.2) is 0 Å². The molecule has 1 saturated heterocycles. The van der Waals surface area contributed by atoms with Crippen LogP contribution in [0.4, 0.5) is 0 Å². The van der Waals surface area contributed by atoms with E-state index in [-0.39, 0.29) is 0 Å². The zero-order valence-electron chi connectivity index (χ0n) is 10.3. The number of ether oxygens (including phenoxy) is 1. The van der Waals surface area contributed by atoms with Gasteiger partial charge in [0.05, 0.1) is 8.80 Å². The third kappa shape index (κ3) is 5.16. The predicted molar refractivity (Wildman–Crippen MR) is 69.9 cm³/mol. The van der Waals surface area contributed by atoms with Crippen LogP contribution in [-0.4, -0.2) is 21.1 Å². The number of hydrogen-bond acceptors (Lipinski definition) is 1. The van der Waals surface area contributed by atoms with Crippen molar-refractivity contribution < 1.29 is 4.74 Å². The topological polar surface area (TPSA) is 9.23 Å². The molecule has 0 aromatic carbocycles. The largest absolute Gasteiger partial charge is 0.382 e. The summed E-state index contributed by atoms with van der Waals surface area (Å²) in [7, 11) is -0.577. The summed E-state index contributed by atoms with van der Waals surface area (Å²) < 4.78 is 6.03. The van der Waals surface area contributed by atoms with Crippen LogP contribution in [0.2, 0.25) is 12.1 Å². The van der Waals surface area contributed by atoms with E-state index >= 15 is 0 Å². The lowest BCUT2D eigenvalue weighted by Crippen LogP contribution is -2.34. The summed E-state index contributed by atoms with van der Waals surface area (Å²) in [5.41, 5.74) is 0.585. The minimum Gasteiger partial charge on any atom is -0.382 e. The zero-order chi connectivity index (χ0) is 10.9. The summed E-state index contributed by atoms with van der Waals surface area (Å²) in [5, 5.41) is 0. The third-order valence-corrected chi connectivity index (χ3v) is 7.42. The van der Waals surface area contributed by atoms with Crippen LogP contribution in [-0.2, 0) is 4.74 Å². The van der Waals surface area contributed by atoms with E-state index in [1.807, 2.05) is 0 Å². The van der Waals surface area contributed by atoms with Gasteiger partial charge in [-0.3, -0.25) is 0 Å². The lowest BCUT2D eigenvalue weighted by Gasteiger charge is -2.28. The van der Waals surface area contributed by atoms with Crippen molar-refractivity contribution in [2.45, 2.75) is 69.7 Å². The minimum atomic E-state index is -0.577. The van der Waals surface area contributed by atoms with Crippen LogP contribution < -0.4 is 0 Å². The van der Waals surface area contributed by atoms with Gasteiger partial charge >= 0.3 is 0 Å². The molecule has 15 heavy (non-hydrogen) atoms. The third-order valence-electron chi connectivity index (χ3n) is 3.54. The highest BCUT2D eigenvalue weighted by atomic mass is 28.3. The highest BCUT2D eigenvalue weighted by molar-refractivity contribution is 6.60. The van der Waals surface area contributed by atoms with E-state index in [1.165, 1.54) is 50.6 Å². The van der Waals surface area contributed by atoms with Gasteiger partial charge in [-0.05, 0) is 12.8 Å². The Bertz CT molecular complexity index is 143. The van der Waals surface area contributed by atoms with Crippen molar-refractivity contribution in [2.24, 2.45) is 0 Å². The molecule has 1 rings (SSSR count). The first-order valence-electron chi connectivity index (χ1n) is 6.79. The highest BCUT2D eigenvalue weighted by Gasteiger charge is 2.24. The first-order chi connectivity index (χ1) is 7.38. The van der Waals surface area contributed by atoms with E-state index in [9.17, 15) is 0 Å². The first-order valence-corrected chi connectivity index (χ1v) is 9.09. The van der Waals surface area contributed by atoms with Gasteiger partial charge in [0.2, 0.25) is 0 Å². The van der Waals surface area contributed by atoms with E-state index in [1.54, 1.807) is 0 Å². The molecule has 0 bridgehead atoms. The summed E-state index contributed by atoms with van der Waals surface area (Å²) in [6, 6.07) is 3.02. The van der Waals surface area contributed by atoms with Crippen molar-refractivity contribution in [3.05, 3.63) is 6.92 Å². The maximum absolute atomic E-state index is 6.03. The standard InChI is InChI=1S/C13H27OSi/c1-3-5-7-10-14-13(4-2)15-11-8-6-9-12-15/h13,15H,2-12H2,1H3. The van der Waals surface area contributed by atoms with Gasteiger partial charge in [-0.25, -0.2) is 0 Å². The molecule has 1 aliphatic heterocycles. The summed E-state index contributed by atoms with van der Waals surface area (Å²) in [6.45, 7) is 7.30. The molecule has 0 spiro atoms. The van der Waals surface area contributed by atoms with Crippen LogP contribution in [0.5, 0.6) is 0 Å². The van der Waals surface area contributed by atoms with E-state index in [4.69, 9.17) is 4.74 Å². The molecule has 0 amide bonds. The lowest BCUT2D eigenvalue weighted by molar-refractivity contribution is 0.0987.